The molecule has 0 bridgehead atoms. The van der Waals surface area contributed by atoms with E-state index in [9.17, 15) is 47.9 Å². The first-order valence-corrected chi connectivity index (χ1v) is 26.1. The van der Waals surface area contributed by atoms with Crippen LogP contribution in [0.25, 0.3) is 21.8 Å². The van der Waals surface area contributed by atoms with E-state index in [0.29, 0.717) is 61.3 Å². The Labute approximate surface area is 447 Å². The van der Waals surface area contributed by atoms with Crippen molar-refractivity contribution in [2.75, 3.05) is 40.5 Å². The topological polar surface area (TPSA) is 311 Å². The van der Waals surface area contributed by atoms with E-state index < -0.39 is 102 Å². The van der Waals surface area contributed by atoms with Crippen molar-refractivity contribution in [3.05, 3.63) is 59.9 Å². The maximum atomic E-state index is 13.4. The molecule has 6 rings (SSSR count). The predicted octanol–water partition coefficient (Wildman–Crippen LogP) is 3.95. The molecule has 0 spiro atoms. The molecule has 2 aromatic carbocycles. The largest absolute Gasteiger partial charge is 0.496 e. The SMILES string of the molecule is CCC(=O)OCC(=O)[C@H](C[C@@H]1CCNC1=O)NC(=O)[C@H](CC(C)C)NC(=O)c1cc2c(OC)cccc2[nH]1.COc1cccc2[nH]c(C(=O)N[C@@H](CC(C)C)C(=O)N[C@@H](C[C@@H]3CCNC3=O)C(=O)COC(=O)C(C)C)cc12. The van der Waals surface area contributed by atoms with Gasteiger partial charge in [-0.3, -0.25) is 47.9 Å². The summed E-state index contributed by atoms with van der Waals surface area (Å²) < 4.78 is 20.8. The van der Waals surface area contributed by atoms with Gasteiger partial charge in [-0.25, -0.2) is 0 Å². The van der Waals surface area contributed by atoms with Crippen molar-refractivity contribution in [3.8, 4) is 11.5 Å². The van der Waals surface area contributed by atoms with Gasteiger partial charge in [-0.15, -0.1) is 0 Å². The molecular weight excluding hydrogens is 997 g/mol. The van der Waals surface area contributed by atoms with Crippen LogP contribution < -0.4 is 41.4 Å². The fourth-order valence-electron chi connectivity index (χ4n) is 8.89. The van der Waals surface area contributed by atoms with Crippen molar-refractivity contribution in [2.45, 2.75) is 118 Å². The average Bonchev–Trinajstić information content (AvgIpc) is 4.24. The Balaban J connectivity index is 0.000000284. The number of hydrogen-bond donors (Lipinski definition) is 8. The van der Waals surface area contributed by atoms with Crippen LogP contribution in [0.1, 0.15) is 114 Å². The van der Waals surface area contributed by atoms with E-state index in [2.05, 4.69) is 41.9 Å². The minimum Gasteiger partial charge on any atom is -0.496 e. The van der Waals surface area contributed by atoms with Gasteiger partial charge in [0, 0.05) is 53.2 Å². The maximum absolute atomic E-state index is 13.4. The summed E-state index contributed by atoms with van der Waals surface area (Å²) in [5.41, 5.74) is 1.93. The summed E-state index contributed by atoms with van der Waals surface area (Å²) in [5, 5.41) is 17.9. The lowest BCUT2D eigenvalue weighted by Gasteiger charge is -2.25. The Morgan fingerprint density at radius 1 is 0.584 bits per heavy atom. The Morgan fingerprint density at radius 3 is 1.35 bits per heavy atom. The molecule has 2 saturated heterocycles. The van der Waals surface area contributed by atoms with Gasteiger partial charge in [0.1, 0.15) is 35.0 Å². The third-order valence-electron chi connectivity index (χ3n) is 13.1. The van der Waals surface area contributed by atoms with Gasteiger partial charge in [-0.1, -0.05) is 60.6 Å². The fourth-order valence-corrected chi connectivity index (χ4v) is 8.89. The number of aromatic nitrogens is 2. The molecule has 6 atom stereocenters. The molecule has 418 valence electrons. The molecule has 0 saturated carbocycles. The second kappa shape index (κ2) is 28.4. The average molecular weight is 1070 g/mol. The zero-order chi connectivity index (χ0) is 56.5. The first-order valence-electron chi connectivity index (χ1n) is 26.1. The zero-order valence-corrected chi connectivity index (χ0v) is 45.3. The number of esters is 2. The first kappa shape index (κ1) is 60.1. The lowest BCUT2D eigenvalue weighted by Crippen LogP contribution is -2.53. The first-order chi connectivity index (χ1) is 36.6. The number of ketones is 2. The molecule has 2 fully saturated rings. The number of hydrogen-bond acceptors (Lipinski definition) is 14. The van der Waals surface area contributed by atoms with Crippen LogP contribution in [0.3, 0.4) is 0 Å². The summed E-state index contributed by atoms with van der Waals surface area (Å²) in [5.74, 6) is -4.60. The minimum atomic E-state index is -1.06. The quantitative estimate of drug-likeness (QED) is 0.0413. The van der Waals surface area contributed by atoms with E-state index >= 15 is 0 Å². The number of methoxy groups -OCH3 is 2. The van der Waals surface area contributed by atoms with Crippen LogP contribution in [-0.2, 0) is 47.8 Å². The second-order valence-electron chi connectivity index (χ2n) is 20.4. The molecule has 4 heterocycles. The molecule has 0 unspecified atom stereocenters. The lowest BCUT2D eigenvalue weighted by molar-refractivity contribution is -0.151. The third kappa shape index (κ3) is 17.1. The van der Waals surface area contributed by atoms with Crippen LogP contribution in [0.5, 0.6) is 11.5 Å². The summed E-state index contributed by atoms with van der Waals surface area (Å²) in [7, 11) is 3.09. The normalized spacial score (nSPS) is 16.6. The number of carbonyl (C=O) groups is 10. The number of Topliss-reactive ketones (excluding diaryl/α,β-unsaturated/α-hetero) is 2. The van der Waals surface area contributed by atoms with Gasteiger partial charge in [0.15, 0.2) is 24.8 Å². The van der Waals surface area contributed by atoms with Crippen molar-refractivity contribution in [1.29, 1.82) is 0 Å². The van der Waals surface area contributed by atoms with Crippen LogP contribution in [0.15, 0.2) is 48.5 Å². The van der Waals surface area contributed by atoms with E-state index in [-0.39, 0.29) is 54.3 Å². The Bertz CT molecular complexity index is 2780. The molecule has 4 aromatic rings. The van der Waals surface area contributed by atoms with Crippen molar-refractivity contribution >= 4 is 80.8 Å². The van der Waals surface area contributed by atoms with Crippen LogP contribution in [0.4, 0.5) is 0 Å². The smallest absolute Gasteiger partial charge is 0.308 e. The van der Waals surface area contributed by atoms with Gasteiger partial charge < -0.3 is 60.8 Å². The van der Waals surface area contributed by atoms with Crippen molar-refractivity contribution in [2.24, 2.45) is 29.6 Å². The van der Waals surface area contributed by atoms with E-state index in [1.807, 2.05) is 39.8 Å². The fraction of sp³-hybridized carbons (Fsp3) is 0.527. The van der Waals surface area contributed by atoms with Crippen LogP contribution in [0, 0.1) is 29.6 Å². The molecule has 8 N–H and O–H groups in total. The zero-order valence-electron chi connectivity index (χ0n) is 45.3. The second-order valence-corrected chi connectivity index (χ2v) is 20.4. The van der Waals surface area contributed by atoms with E-state index in [1.165, 1.54) is 0 Å². The number of nitrogens with one attached hydrogen (secondary N) is 8. The summed E-state index contributed by atoms with van der Waals surface area (Å²) in [6, 6.07) is 10.1. The maximum Gasteiger partial charge on any atom is 0.308 e. The van der Waals surface area contributed by atoms with Gasteiger partial charge in [-0.2, -0.15) is 0 Å². The van der Waals surface area contributed by atoms with Crippen LogP contribution in [-0.4, -0.2) is 134 Å². The standard InChI is InChI=1S/C28H38N4O7.C27H36N4O7/c1-15(2)11-21(32-27(36)22-13-18-19(30-22)7-6-8-24(18)38-5)26(35)31-20(12-17-9-10-29-25(17)34)23(33)14-39-28(37)16(3)4;1-5-24(33)38-14-22(32)19(12-16-9-10-28-25(16)34)30-26(35)20(11-15(2)3)31-27(36)21-13-17-18(29-21)7-6-8-23(17)37-4/h6-8,13,15-17,20-21,30H,9-12,14H2,1-5H3,(H,29,34)(H,31,35)(H,32,36);6-8,13,15-16,19-20,29H,5,9-12,14H2,1-4H3,(H,28,34)(H,30,35)(H,31,36)/t17-,20-,21-;16-,19-,20-/m00/s1. The Hall–Kier alpha value is -7.78. The molecule has 6 amide bonds. The monoisotopic (exact) mass is 1070 g/mol. The van der Waals surface area contributed by atoms with Crippen molar-refractivity contribution < 1.29 is 66.9 Å². The summed E-state index contributed by atoms with van der Waals surface area (Å²) in [6.07, 6.45) is 1.94. The molecule has 22 nitrogen and oxygen atoms in total. The van der Waals surface area contributed by atoms with Gasteiger partial charge in [0.05, 0.1) is 32.2 Å². The van der Waals surface area contributed by atoms with E-state index in [4.69, 9.17) is 18.9 Å². The van der Waals surface area contributed by atoms with E-state index in [1.54, 1.807) is 71.4 Å². The molecular formula is C55H74N8O14. The number of carbonyl (C=O) groups excluding carboxylic acids is 10. The van der Waals surface area contributed by atoms with E-state index in [0.717, 1.165) is 10.8 Å². The highest BCUT2D eigenvalue weighted by Gasteiger charge is 2.36. The molecule has 0 radical (unpaired) electrons. The Morgan fingerprint density at radius 2 is 1.00 bits per heavy atom. The molecule has 22 heteroatoms. The van der Waals surface area contributed by atoms with Crippen LogP contribution in [0.2, 0.25) is 0 Å². The van der Waals surface area contributed by atoms with Crippen molar-refractivity contribution in [1.82, 2.24) is 41.9 Å². The highest BCUT2D eigenvalue weighted by atomic mass is 16.5. The van der Waals surface area contributed by atoms with Gasteiger partial charge in [0.2, 0.25) is 23.6 Å². The molecule has 0 aliphatic carbocycles. The van der Waals surface area contributed by atoms with Gasteiger partial charge in [-0.05, 0) is 86.8 Å². The molecule has 2 aromatic heterocycles. The number of fused-ring (bicyclic) bond motifs is 2. The third-order valence-corrected chi connectivity index (χ3v) is 13.1. The highest BCUT2D eigenvalue weighted by Crippen LogP contribution is 2.28. The van der Waals surface area contributed by atoms with Crippen molar-refractivity contribution in [3.63, 3.8) is 0 Å². The number of H-pyrrole nitrogens is 2. The number of aromatic amines is 2. The van der Waals surface area contributed by atoms with Crippen LogP contribution >= 0.6 is 0 Å². The summed E-state index contributed by atoms with van der Waals surface area (Å²) in [4.78, 5) is 133. The molecule has 2 aliphatic heterocycles. The molecule has 2 aliphatic rings. The lowest BCUT2D eigenvalue weighted by atomic mass is 9.95. The Kier molecular flexibility index (Phi) is 22.1. The number of rotatable bonds is 26. The van der Waals surface area contributed by atoms with Gasteiger partial charge in [0.25, 0.3) is 11.8 Å². The minimum absolute atomic E-state index is 0.0469. The summed E-state index contributed by atoms with van der Waals surface area (Å²) >= 11 is 0. The predicted molar refractivity (Wildman–Crippen MR) is 284 cm³/mol. The number of ether oxygens (including phenoxy) is 4. The number of amides is 6. The summed E-state index contributed by atoms with van der Waals surface area (Å²) in [6.45, 7) is 12.5. The van der Waals surface area contributed by atoms with Gasteiger partial charge >= 0.3 is 11.9 Å². The number of benzene rings is 2. The molecule has 77 heavy (non-hydrogen) atoms. The highest BCUT2D eigenvalue weighted by molar-refractivity contribution is 6.03.